The van der Waals surface area contributed by atoms with Gasteiger partial charge in [-0.15, -0.1) is 0 Å². The molecule has 0 saturated carbocycles. The Morgan fingerprint density at radius 2 is 1.68 bits per heavy atom. The van der Waals surface area contributed by atoms with Gasteiger partial charge in [0, 0.05) is 55.4 Å². The Labute approximate surface area is 141 Å². The second-order valence-electron chi connectivity index (χ2n) is 5.70. The summed E-state index contributed by atoms with van der Waals surface area (Å²) in [4.78, 5) is 2.54. The zero-order chi connectivity index (χ0) is 15.7. The highest BCUT2D eigenvalue weighted by Gasteiger charge is 2.35. The van der Waals surface area contributed by atoms with E-state index in [4.69, 9.17) is 23.2 Å². The summed E-state index contributed by atoms with van der Waals surface area (Å²) in [6.45, 7) is 4.96. The Kier molecular flexibility index (Phi) is 4.97. The fourth-order valence-corrected chi connectivity index (χ4v) is 5.32. The van der Waals surface area contributed by atoms with E-state index in [9.17, 15) is 8.42 Å². The lowest BCUT2D eigenvalue weighted by atomic mass is 10.2. The fourth-order valence-electron chi connectivity index (χ4n) is 3.10. The van der Waals surface area contributed by atoms with Crippen LogP contribution < -0.4 is 5.32 Å². The molecule has 0 amide bonds. The summed E-state index contributed by atoms with van der Waals surface area (Å²) in [5, 5.41) is 3.99. The second-order valence-corrected chi connectivity index (χ2v) is 8.51. The Bertz CT molecular complexity index is 627. The fraction of sp³-hybridized carbons (Fsp3) is 0.571. The molecule has 1 N–H and O–H groups in total. The molecule has 2 heterocycles. The number of nitrogens with zero attached hydrogens (tertiary/aromatic N) is 2. The predicted octanol–water partition coefficient (Wildman–Crippen LogP) is 1.66. The first-order chi connectivity index (χ1) is 10.5. The van der Waals surface area contributed by atoms with Gasteiger partial charge in [0.15, 0.2) is 0 Å². The van der Waals surface area contributed by atoms with Crippen molar-refractivity contribution in [1.82, 2.24) is 14.5 Å². The predicted molar refractivity (Wildman–Crippen MR) is 88.1 cm³/mol. The number of halogens is 2. The van der Waals surface area contributed by atoms with Crippen LogP contribution in [0.3, 0.4) is 0 Å². The summed E-state index contributed by atoms with van der Waals surface area (Å²) in [6, 6.07) is 4.75. The number of hydrogen-bond donors (Lipinski definition) is 1. The topological polar surface area (TPSA) is 52.7 Å². The maximum Gasteiger partial charge on any atom is 0.243 e. The van der Waals surface area contributed by atoms with Gasteiger partial charge < -0.3 is 5.32 Å². The zero-order valence-electron chi connectivity index (χ0n) is 12.1. The van der Waals surface area contributed by atoms with Crippen LogP contribution in [0.1, 0.15) is 6.42 Å². The van der Waals surface area contributed by atoms with Crippen molar-refractivity contribution in [3.63, 3.8) is 0 Å². The molecule has 1 atom stereocenters. The first-order valence-corrected chi connectivity index (χ1v) is 9.57. The van der Waals surface area contributed by atoms with E-state index in [1.165, 1.54) is 18.2 Å². The summed E-state index contributed by atoms with van der Waals surface area (Å²) in [5.41, 5.74) is 0. The van der Waals surface area contributed by atoms with Crippen molar-refractivity contribution < 1.29 is 8.42 Å². The van der Waals surface area contributed by atoms with Gasteiger partial charge in [0.05, 0.1) is 4.90 Å². The minimum atomic E-state index is -3.53. The average molecular weight is 364 g/mol. The highest BCUT2D eigenvalue weighted by molar-refractivity contribution is 7.89. The molecule has 0 aromatic heterocycles. The minimum Gasteiger partial charge on any atom is -0.314 e. The highest BCUT2D eigenvalue weighted by atomic mass is 35.5. The third-order valence-electron chi connectivity index (χ3n) is 4.27. The molecule has 2 fully saturated rings. The third-order valence-corrected chi connectivity index (χ3v) is 6.55. The van der Waals surface area contributed by atoms with Crippen LogP contribution in [0.5, 0.6) is 0 Å². The Morgan fingerprint density at radius 3 is 2.32 bits per heavy atom. The van der Waals surface area contributed by atoms with Crippen molar-refractivity contribution in [1.29, 1.82) is 0 Å². The van der Waals surface area contributed by atoms with Crippen molar-refractivity contribution in [3.8, 4) is 0 Å². The lowest BCUT2D eigenvalue weighted by Crippen LogP contribution is -2.49. The molecule has 0 spiro atoms. The highest BCUT2D eigenvalue weighted by Crippen LogP contribution is 2.28. The maximum absolute atomic E-state index is 12.7. The molecular formula is C14H19Cl2N3O2S. The standard InChI is InChI=1S/C14H19Cl2N3O2S/c15-11-7-12(16)9-14(8-11)22(20,21)19-4-1-13(10-19)18-5-2-17-3-6-18/h7-9,13,17H,1-6,10H2. The van der Waals surface area contributed by atoms with Crippen LogP contribution in [0.2, 0.25) is 10.0 Å². The second kappa shape index (κ2) is 6.63. The van der Waals surface area contributed by atoms with Crippen molar-refractivity contribution in [3.05, 3.63) is 28.2 Å². The third kappa shape index (κ3) is 3.42. The van der Waals surface area contributed by atoms with Gasteiger partial charge in [-0.1, -0.05) is 23.2 Å². The Hall–Kier alpha value is -0.370. The Balaban J connectivity index is 1.76. The molecule has 8 heteroatoms. The molecule has 1 aromatic carbocycles. The van der Waals surface area contributed by atoms with E-state index in [1.54, 1.807) is 4.31 Å². The molecule has 5 nitrogen and oxygen atoms in total. The van der Waals surface area contributed by atoms with E-state index < -0.39 is 10.0 Å². The number of hydrogen-bond acceptors (Lipinski definition) is 4. The molecule has 2 aliphatic heterocycles. The molecule has 122 valence electrons. The van der Waals surface area contributed by atoms with Gasteiger partial charge in [0.1, 0.15) is 0 Å². The monoisotopic (exact) mass is 363 g/mol. The van der Waals surface area contributed by atoms with Gasteiger partial charge in [-0.3, -0.25) is 4.90 Å². The number of nitrogens with one attached hydrogen (secondary N) is 1. The van der Waals surface area contributed by atoms with Crippen LogP contribution in [-0.4, -0.2) is 62.9 Å². The number of piperazine rings is 1. The molecule has 0 bridgehead atoms. The zero-order valence-corrected chi connectivity index (χ0v) is 14.5. The maximum atomic E-state index is 12.7. The smallest absolute Gasteiger partial charge is 0.243 e. The van der Waals surface area contributed by atoms with Gasteiger partial charge in [-0.25, -0.2) is 8.42 Å². The summed E-state index contributed by atoms with van der Waals surface area (Å²) in [7, 11) is -3.53. The van der Waals surface area contributed by atoms with E-state index in [0.29, 0.717) is 29.2 Å². The van der Waals surface area contributed by atoms with Crippen LogP contribution in [0, 0.1) is 0 Å². The molecule has 1 aromatic rings. The first kappa shape index (κ1) is 16.5. The largest absolute Gasteiger partial charge is 0.314 e. The van der Waals surface area contributed by atoms with E-state index in [1.807, 2.05) is 0 Å². The van der Waals surface area contributed by atoms with Crippen molar-refractivity contribution in [2.24, 2.45) is 0 Å². The van der Waals surface area contributed by atoms with Crippen molar-refractivity contribution in [2.75, 3.05) is 39.3 Å². The first-order valence-electron chi connectivity index (χ1n) is 7.38. The number of sulfonamides is 1. The van der Waals surface area contributed by atoms with Crippen LogP contribution in [-0.2, 0) is 10.0 Å². The van der Waals surface area contributed by atoms with Crippen LogP contribution in [0.15, 0.2) is 23.1 Å². The van der Waals surface area contributed by atoms with Crippen LogP contribution >= 0.6 is 23.2 Å². The van der Waals surface area contributed by atoms with Crippen molar-refractivity contribution >= 4 is 33.2 Å². The Morgan fingerprint density at radius 1 is 1.05 bits per heavy atom. The van der Waals surface area contributed by atoms with Crippen LogP contribution in [0.25, 0.3) is 0 Å². The molecule has 0 aliphatic carbocycles. The van der Waals surface area contributed by atoms with Gasteiger partial charge in [-0.05, 0) is 24.6 Å². The molecule has 3 rings (SSSR count). The molecule has 0 radical (unpaired) electrons. The quantitative estimate of drug-likeness (QED) is 0.887. The molecule has 1 unspecified atom stereocenters. The number of benzene rings is 1. The van der Waals surface area contributed by atoms with Gasteiger partial charge in [0.2, 0.25) is 10.0 Å². The van der Waals surface area contributed by atoms with Crippen LogP contribution in [0.4, 0.5) is 0 Å². The van der Waals surface area contributed by atoms with Gasteiger partial charge in [0.25, 0.3) is 0 Å². The summed E-state index contributed by atoms with van der Waals surface area (Å²) in [6.07, 6.45) is 0.869. The summed E-state index contributed by atoms with van der Waals surface area (Å²) < 4.78 is 27.0. The average Bonchev–Trinajstić information content (AvgIpc) is 2.98. The lowest BCUT2D eigenvalue weighted by molar-refractivity contribution is 0.179. The van der Waals surface area contributed by atoms with E-state index in [0.717, 1.165) is 32.6 Å². The normalized spacial score (nSPS) is 24.7. The van der Waals surface area contributed by atoms with Crippen molar-refractivity contribution in [2.45, 2.75) is 17.4 Å². The van der Waals surface area contributed by atoms with Gasteiger partial charge in [-0.2, -0.15) is 4.31 Å². The minimum absolute atomic E-state index is 0.172. The van der Waals surface area contributed by atoms with E-state index in [2.05, 4.69) is 10.2 Å². The molecule has 2 saturated heterocycles. The molecular weight excluding hydrogens is 345 g/mol. The summed E-state index contributed by atoms with van der Waals surface area (Å²) >= 11 is 11.9. The molecule has 2 aliphatic rings. The lowest BCUT2D eigenvalue weighted by Gasteiger charge is -2.32. The van der Waals surface area contributed by atoms with E-state index in [-0.39, 0.29) is 4.90 Å². The SMILES string of the molecule is O=S(=O)(c1cc(Cl)cc(Cl)c1)N1CCC(N2CCNCC2)C1. The number of rotatable bonds is 3. The van der Waals surface area contributed by atoms with E-state index >= 15 is 0 Å². The summed E-state index contributed by atoms with van der Waals surface area (Å²) in [5.74, 6) is 0. The van der Waals surface area contributed by atoms with Gasteiger partial charge >= 0.3 is 0 Å². The molecule has 22 heavy (non-hydrogen) atoms.